The maximum absolute atomic E-state index is 13.1. The Morgan fingerprint density at radius 1 is 1.06 bits per heavy atom. The van der Waals surface area contributed by atoms with Crippen LogP contribution in [0, 0.1) is 0 Å². The maximum Gasteiger partial charge on any atom is 0.287 e. The Bertz CT molecular complexity index is 1210. The predicted molar refractivity (Wildman–Crippen MR) is 127 cm³/mol. The number of nitrogens with zero attached hydrogens (tertiary/aromatic N) is 1. The van der Waals surface area contributed by atoms with Gasteiger partial charge in [0.15, 0.2) is 10.9 Å². The van der Waals surface area contributed by atoms with Gasteiger partial charge >= 0.3 is 0 Å². The van der Waals surface area contributed by atoms with Crippen LogP contribution in [-0.4, -0.2) is 29.4 Å². The number of aromatic nitrogens is 1. The molecule has 2 amide bonds. The zero-order valence-corrected chi connectivity index (χ0v) is 18.8. The minimum absolute atomic E-state index is 0.143. The summed E-state index contributed by atoms with van der Waals surface area (Å²) in [7, 11) is 0. The largest absolute Gasteiger partial charge is 0.493 e. The molecule has 4 rings (SSSR count). The molecule has 0 saturated heterocycles. The number of amides is 2. The first-order valence-corrected chi connectivity index (χ1v) is 11.4. The second-order valence-electron chi connectivity index (χ2n) is 7.15. The number of anilines is 1. The smallest absolute Gasteiger partial charge is 0.287 e. The summed E-state index contributed by atoms with van der Waals surface area (Å²) in [5, 5.41) is 7.90. The van der Waals surface area contributed by atoms with E-state index in [4.69, 9.17) is 9.15 Å². The lowest BCUT2D eigenvalue weighted by Crippen LogP contribution is -2.45. The van der Waals surface area contributed by atoms with Gasteiger partial charge < -0.3 is 19.8 Å². The molecule has 0 bridgehead atoms. The van der Waals surface area contributed by atoms with Gasteiger partial charge in [0.2, 0.25) is 5.91 Å². The molecule has 1 unspecified atom stereocenters. The van der Waals surface area contributed by atoms with Crippen molar-refractivity contribution in [1.29, 1.82) is 0 Å². The lowest BCUT2D eigenvalue weighted by Gasteiger charge is -2.17. The number of benzene rings is 2. The Labute approximate surface area is 195 Å². The Hall–Kier alpha value is -3.91. The number of furan rings is 1. The van der Waals surface area contributed by atoms with E-state index in [0.29, 0.717) is 23.9 Å². The minimum atomic E-state index is -0.812. The fraction of sp³-hybridized carbons (Fsp3) is 0.160. The number of carbonyl (C=O) groups is 2. The summed E-state index contributed by atoms with van der Waals surface area (Å²) >= 11 is 1.31. The van der Waals surface area contributed by atoms with Crippen LogP contribution in [0.5, 0.6) is 5.75 Å². The van der Waals surface area contributed by atoms with Gasteiger partial charge in [0, 0.05) is 17.4 Å². The molecule has 0 radical (unpaired) electrons. The number of para-hydroxylation sites is 1. The minimum Gasteiger partial charge on any atom is -0.493 e. The molecule has 7 nitrogen and oxygen atoms in total. The number of hydrogen-bond donors (Lipinski definition) is 2. The molecule has 8 heteroatoms. The van der Waals surface area contributed by atoms with Crippen molar-refractivity contribution in [2.45, 2.75) is 19.4 Å². The van der Waals surface area contributed by atoms with E-state index in [9.17, 15) is 9.59 Å². The Morgan fingerprint density at radius 3 is 2.61 bits per heavy atom. The molecule has 0 aliphatic heterocycles. The summed E-state index contributed by atoms with van der Waals surface area (Å²) in [6.07, 6.45) is 1.74. The van der Waals surface area contributed by atoms with E-state index >= 15 is 0 Å². The number of ether oxygens (including phenoxy) is 1. The third kappa shape index (κ3) is 5.67. The third-order valence-electron chi connectivity index (χ3n) is 4.85. The Morgan fingerprint density at radius 2 is 1.85 bits per heavy atom. The fourth-order valence-electron chi connectivity index (χ4n) is 3.30. The van der Waals surface area contributed by atoms with Crippen LogP contribution >= 0.6 is 11.3 Å². The van der Waals surface area contributed by atoms with E-state index in [1.807, 2.05) is 66.9 Å². The number of hydrogen-bond acceptors (Lipinski definition) is 6. The van der Waals surface area contributed by atoms with Crippen LogP contribution in [0.25, 0.3) is 11.3 Å². The predicted octanol–water partition coefficient (Wildman–Crippen LogP) is 4.78. The fourth-order valence-corrected chi connectivity index (χ4v) is 4.02. The van der Waals surface area contributed by atoms with Crippen molar-refractivity contribution in [1.82, 2.24) is 10.3 Å². The molecular formula is C25H23N3O4S. The van der Waals surface area contributed by atoms with Gasteiger partial charge in [-0.2, -0.15) is 0 Å². The van der Waals surface area contributed by atoms with E-state index in [0.717, 1.165) is 16.9 Å². The zero-order valence-electron chi connectivity index (χ0n) is 18.0. The lowest BCUT2D eigenvalue weighted by molar-refractivity contribution is -0.118. The van der Waals surface area contributed by atoms with Crippen LogP contribution in [0.15, 0.2) is 82.8 Å². The summed E-state index contributed by atoms with van der Waals surface area (Å²) in [6, 6.07) is 19.5. The number of nitrogens with one attached hydrogen (secondary N) is 2. The highest BCUT2D eigenvalue weighted by Crippen LogP contribution is 2.32. The molecule has 0 spiro atoms. The maximum atomic E-state index is 13.1. The summed E-state index contributed by atoms with van der Waals surface area (Å²) < 4.78 is 10.8. The molecule has 2 heterocycles. The normalized spacial score (nSPS) is 11.5. The molecule has 2 aromatic carbocycles. The summed E-state index contributed by atoms with van der Waals surface area (Å²) in [6.45, 7) is 2.47. The lowest BCUT2D eigenvalue weighted by atomic mass is 10.1. The van der Waals surface area contributed by atoms with Gasteiger partial charge in [0.25, 0.3) is 5.91 Å². The van der Waals surface area contributed by atoms with E-state index in [-0.39, 0.29) is 11.7 Å². The Balaban J connectivity index is 1.51. The van der Waals surface area contributed by atoms with Crippen molar-refractivity contribution < 1.29 is 18.7 Å². The second kappa shape index (κ2) is 10.6. The molecule has 168 valence electrons. The van der Waals surface area contributed by atoms with Crippen LogP contribution in [0.1, 0.15) is 23.0 Å². The van der Waals surface area contributed by atoms with E-state index in [1.54, 1.807) is 12.1 Å². The van der Waals surface area contributed by atoms with Gasteiger partial charge in [-0.25, -0.2) is 4.98 Å². The van der Waals surface area contributed by atoms with Crippen molar-refractivity contribution in [3.8, 4) is 17.0 Å². The highest BCUT2D eigenvalue weighted by Gasteiger charge is 2.24. The summed E-state index contributed by atoms with van der Waals surface area (Å²) in [4.78, 5) is 30.2. The van der Waals surface area contributed by atoms with Gasteiger partial charge in [-0.15, -0.1) is 11.3 Å². The molecule has 0 aliphatic carbocycles. The van der Waals surface area contributed by atoms with Crippen molar-refractivity contribution in [2.24, 2.45) is 0 Å². The number of carbonyl (C=O) groups excluding carboxylic acids is 2. The monoisotopic (exact) mass is 461 g/mol. The van der Waals surface area contributed by atoms with Gasteiger partial charge in [-0.05, 0) is 36.8 Å². The zero-order chi connectivity index (χ0) is 23.0. The average Bonchev–Trinajstić information content (AvgIpc) is 3.53. The highest BCUT2D eigenvalue weighted by atomic mass is 32.1. The van der Waals surface area contributed by atoms with E-state index in [1.165, 1.54) is 17.6 Å². The Kier molecular flexibility index (Phi) is 7.16. The molecule has 2 N–H and O–H groups in total. The molecule has 33 heavy (non-hydrogen) atoms. The molecule has 0 saturated carbocycles. The molecule has 4 aromatic rings. The average molecular weight is 462 g/mol. The SMILES string of the molecule is CCOc1ccccc1-c1csc(NC(=O)C(Cc2ccccc2)NC(=O)c2ccco2)n1. The second-order valence-corrected chi connectivity index (χ2v) is 8.01. The van der Waals surface area contributed by atoms with Gasteiger partial charge in [0.1, 0.15) is 11.8 Å². The number of thiazole rings is 1. The van der Waals surface area contributed by atoms with Crippen LogP contribution in [-0.2, 0) is 11.2 Å². The quantitative estimate of drug-likeness (QED) is 0.374. The van der Waals surface area contributed by atoms with Gasteiger partial charge in [0.05, 0.1) is 18.6 Å². The highest BCUT2D eigenvalue weighted by molar-refractivity contribution is 7.14. The summed E-state index contributed by atoms with van der Waals surface area (Å²) in [5.41, 5.74) is 2.48. The summed E-state index contributed by atoms with van der Waals surface area (Å²) in [5.74, 6) is 0.0556. The van der Waals surface area contributed by atoms with Crippen molar-refractivity contribution in [3.63, 3.8) is 0 Å². The first kappa shape index (κ1) is 22.3. The molecule has 1 atom stereocenters. The number of rotatable bonds is 9. The van der Waals surface area contributed by atoms with Crippen LogP contribution in [0.2, 0.25) is 0 Å². The molecule has 0 fully saturated rings. The van der Waals surface area contributed by atoms with Crippen LogP contribution in [0.4, 0.5) is 5.13 Å². The van der Waals surface area contributed by atoms with E-state index < -0.39 is 11.9 Å². The first-order valence-electron chi connectivity index (χ1n) is 10.5. The van der Waals surface area contributed by atoms with Crippen molar-refractivity contribution in [2.75, 3.05) is 11.9 Å². The first-order chi connectivity index (χ1) is 16.1. The van der Waals surface area contributed by atoms with Gasteiger partial charge in [-0.3, -0.25) is 9.59 Å². The van der Waals surface area contributed by atoms with Crippen molar-refractivity contribution >= 4 is 28.3 Å². The topological polar surface area (TPSA) is 93.5 Å². The standard InChI is InChI=1S/C25H23N3O4S/c1-2-31-21-12-7-6-11-18(21)20-16-33-25(27-20)28-23(29)19(15-17-9-4-3-5-10-17)26-24(30)22-13-8-14-32-22/h3-14,16,19H,2,15H2,1H3,(H,26,30)(H,27,28,29). The third-order valence-corrected chi connectivity index (χ3v) is 5.60. The van der Waals surface area contributed by atoms with Crippen LogP contribution in [0.3, 0.4) is 0 Å². The molecule has 2 aromatic heterocycles. The molecular weight excluding hydrogens is 438 g/mol. The van der Waals surface area contributed by atoms with E-state index in [2.05, 4.69) is 15.6 Å². The molecule has 0 aliphatic rings. The van der Waals surface area contributed by atoms with Crippen molar-refractivity contribution in [3.05, 3.63) is 89.7 Å². The van der Waals surface area contributed by atoms with Gasteiger partial charge in [-0.1, -0.05) is 42.5 Å². The van der Waals surface area contributed by atoms with Crippen LogP contribution < -0.4 is 15.4 Å².